The molecule has 0 spiro atoms. The molecular weight excluding hydrogens is 250 g/mol. The minimum Gasteiger partial charge on any atom is -0.497 e. The zero-order chi connectivity index (χ0) is 15.2. The maximum absolute atomic E-state index is 12.4. The lowest BCUT2D eigenvalue weighted by molar-refractivity contribution is -0.133. The van der Waals surface area contributed by atoms with Crippen molar-refractivity contribution in [2.24, 2.45) is 5.41 Å². The van der Waals surface area contributed by atoms with E-state index in [2.05, 4.69) is 27.7 Å². The fraction of sp³-hybridized carbons (Fsp3) is 0.588. The molecule has 0 aliphatic heterocycles. The number of nitrogens with zero attached hydrogens (tertiary/aromatic N) is 1. The van der Waals surface area contributed by atoms with Crippen LogP contribution >= 0.6 is 0 Å². The minimum atomic E-state index is 0.0253. The van der Waals surface area contributed by atoms with Crippen LogP contribution in [-0.2, 0) is 11.3 Å². The van der Waals surface area contributed by atoms with Gasteiger partial charge in [-0.25, -0.2) is 0 Å². The molecule has 0 radical (unpaired) electrons. The van der Waals surface area contributed by atoms with Crippen LogP contribution in [-0.4, -0.2) is 24.5 Å². The number of hydrogen-bond donors (Lipinski definition) is 0. The van der Waals surface area contributed by atoms with Crippen LogP contribution in [0.1, 0.15) is 46.1 Å². The predicted molar refractivity (Wildman–Crippen MR) is 82.8 cm³/mol. The molecule has 20 heavy (non-hydrogen) atoms. The minimum absolute atomic E-state index is 0.0253. The second-order valence-electron chi connectivity index (χ2n) is 6.40. The van der Waals surface area contributed by atoms with Crippen molar-refractivity contribution in [2.75, 3.05) is 13.7 Å². The molecule has 0 bridgehead atoms. The summed E-state index contributed by atoms with van der Waals surface area (Å²) in [6.45, 7) is 9.84. The van der Waals surface area contributed by atoms with Gasteiger partial charge in [0.1, 0.15) is 5.75 Å². The van der Waals surface area contributed by atoms with Gasteiger partial charge in [0.25, 0.3) is 0 Å². The summed E-state index contributed by atoms with van der Waals surface area (Å²) < 4.78 is 5.23. The van der Waals surface area contributed by atoms with E-state index < -0.39 is 0 Å². The number of amides is 1. The third kappa shape index (κ3) is 5.64. The van der Waals surface area contributed by atoms with Gasteiger partial charge in [0.05, 0.1) is 7.11 Å². The lowest BCUT2D eigenvalue weighted by Crippen LogP contribution is -2.33. The highest BCUT2D eigenvalue weighted by Crippen LogP contribution is 2.21. The van der Waals surface area contributed by atoms with E-state index >= 15 is 0 Å². The summed E-state index contributed by atoms with van der Waals surface area (Å²) in [5, 5.41) is 0. The first kappa shape index (κ1) is 16.5. The van der Waals surface area contributed by atoms with Gasteiger partial charge >= 0.3 is 0 Å². The van der Waals surface area contributed by atoms with Gasteiger partial charge in [-0.1, -0.05) is 39.8 Å². The highest BCUT2D eigenvalue weighted by molar-refractivity contribution is 5.76. The van der Waals surface area contributed by atoms with Gasteiger partial charge in [-0.2, -0.15) is 0 Å². The molecule has 0 aliphatic rings. The molecule has 0 unspecified atom stereocenters. The Hall–Kier alpha value is -1.51. The molecule has 0 aliphatic carbocycles. The van der Waals surface area contributed by atoms with E-state index in [9.17, 15) is 4.79 Å². The molecular formula is C17H27NO2. The van der Waals surface area contributed by atoms with Crippen LogP contribution in [0.5, 0.6) is 5.75 Å². The average Bonchev–Trinajstić information content (AvgIpc) is 2.36. The molecule has 3 nitrogen and oxygen atoms in total. The van der Waals surface area contributed by atoms with E-state index in [4.69, 9.17) is 4.74 Å². The number of carbonyl (C=O) groups is 1. The Morgan fingerprint density at radius 2 is 2.00 bits per heavy atom. The first-order valence-corrected chi connectivity index (χ1v) is 7.26. The smallest absolute Gasteiger partial charge is 0.223 e. The zero-order valence-corrected chi connectivity index (χ0v) is 13.4. The van der Waals surface area contributed by atoms with Gasteiger partial charge in [0.15, 0.2) is 0 Å². The van der Waals surface area contributed by atoms with Crippen molar-refractivity contribution >= 4 is 5.91 Å². The number of rotatable bonds is 6. The number of methoxy groups -OCH3 is 1. The first-order chi connectivity index (χ1) is 9.35. The largest absolute Gasteiger partial charge is 0.497 e. The Bertz CT molecular complexity index is 435. The lowest BCUT2D eigenvalue weighted by atomic mass is 9.91. The molecule has 1 aromatic rings. The fourth-order valence-corrected chi connectivity index (χ4v) is 2.12. The summed E-state index contributed by atoms with van der Waals surface area (Å²) in [6, 6.07) is 7.92. The molecule has 0 N–H and O–H groups in total. The van der Waals surface area contributed by atoms with Crippen molar-refractivity contribution in [1.29, 1.82) is 0 Å². The molecule has 0 heterocycles. The van der Waals surface area contributed by atoms with Gasteiger partial charge in [0, 0.05) is 19.5 Å². The van der Waals surface area contributed by atoms with E-state index in [-0.39, 0.29) is 11.3 Å². The van der Waals surface area contributed by atoms with Crippen molar-refractivity contribution in [1.82, 2.24) is 4.90 Å². The van der Waals surface area contributed by atoms with Crippen LogP contribution in [0.15, 0.2) is 24.3 Å². The summed E-state index contributed by atoms with van der Waals surface area (Å²) in [6.07, 6.45) is 1.55. The van der Waals surface area contributed by atoms with Crippen LogP contribution < -0.4 is 4.74 Å². The molecule has 0 saturated heterocycles. The van der Waals surface area contributed by atoms with Gasteiger partial charge < -0.3 is 9.64 Å². The Morgan fingerprint density at radius 1 is 1.30 bits per heavy atom. The highest BCUT2D eigenvalue weighted by atomic mass is 16.5. The quantitative estimate of drug-likeness (QED) is 0.790. The summed E-state index contributed by atoms with van der Waals surface area (Å²) in [7, 11) is 1.66. The fourth-order valence-electron chi connectivity index (χ4n) is 2.12. The molecule has 0 atom stereocenters. The molecule has 1 amide bonds. The van der Waals surface area contributed by atoms with E-state index in [0.29, 0.717) is 13.0 Å². The highest BCUT2D eigenvalue weighted by Gasteiger charge is 2.20. The van der Waals surface area contributed by atoms with E-state index in [1.54, 1.807) is 7.11 Å². The standard InChI is InChI=1S/C17H27NO2/c1-6-10-18(16(19)12-17(2,3)4)13-14-8-7-9-15(11-14)20-5/h7-9,11H,6,10,12-13H2,1-5H3. The predicted octanol–water partition coefficient (Wildman–Crippen LogP) is 3.87. The number of ether oxygens (including phenoxy) is 1. The number of carbonyl (C=O) groups excluding carboxylic acids is 1. The lowest BCUT2D eigenvalue weighted by Gasteiger charge is -2.26. The van der Waals surface area contributed by atoms with Crippen molar-refractivity contribution in [2.45, 2.75) is 47.1 Å². The second kappa shape index (κ2) is 7.32. The summed E-state index contributed by atoms with van der Waals surface area (Å²) in [5.41, 5.74) is 1.14. The topological polar surface area (TPSA) is 29.5 Å². The summed E-state index contributed by atoms with van der Waals surface area (Å²) in [4.78, 5) is 14.3. The average molecular weight is 277 g/mol. The number of benzene rings is 1. The maximum Gasteiger partial charge on any atom is 0.223 e. The Morgan fingerprint density at radius 3 is 2.55 bits per heavy atom. The molecule has 0 saturated carbocycles. The van der Waals surface area contributed by atoms with Gasteiger partial charge in [-0.3, -0.25) is 4.79 Å². The zero-order valence-electron chi connectivity index (χ0n) is 13.4. The number of hydrogen-bond acceptors (Lipinski definition) is 2. The van der Waals surface area contributed by atoms with Crippen LogP contribution in [0, 0.1) is 5.41 Å². The SMILES string of the molecule is CCCN(Cc1cccc(OC)c1)C(=O)CC(C)(C)C. The Balaban J connectivity index is 2.78. The Labute approximate surface area is 122 Å². The molecule has 1 rings (SSSR count). The molecule has 3 heteroatoms. The van der Waals surface area contributed by atoms with Gasteiger partial charge in [-0.15, -0.1) is 0 Å². The van der Waals surface area contributed by atoms with Crippen molar-refractivity contribution in [3.05, 3.63) is 29.8 Å². The van der Waals surface area contributed by atoms with E-state index in [0.717, 1.165) is 24.3 Å². The van der Waals surface area contributed by atoms with Gasteiger partial charge in [0.2, 0.25) is 5.91 Å². The molecule has 0 aromatic heterocycles. The molecule has 0 fully saturated rings. The van der Waals surface area contributed by atoms with Gasteiger partial charge in [-0.05, 0) is 29.5 Å². The van der Waals surface area contributed by atoms with Crippen LogP contribution in [0.2, 0.25) is 0 Å². The monoisotopic (exact) mass is 277 g/mol. The maximum atomic E-state index is 12.4. The van der Waals surface area contributed by atoms with Crippen LogP contribution in [0.25, 0.3) is 0 Å². The second-order valence-corrected chi connectivity index (χ2v) is 6.40. The first-order valence-electron chi connectivity index (χ1n) is 7.26. The summed E-state index contributed by atoms with van der Waals surface area (Å²) >= 11 is 0. The van der Waals surface area contributed by atoms with E-state index in [1.165, 1.54) is 0 Å². The van der Waals surface area contributed by atoms with Crippen molar-refractivity contribution in [3.63, 3.8) is 0 Å². The van der Waals surface area contributed by atoms with Crippen LogP contribution in [0.4, 0.5) is 0 Å². The van der Waals surface area contributed by atoms with Crippen molar-refractivity contribution < 1.29 is 9.53 Å². The molecule has 112 valence electrons. The normalized spacial score (nSPS) is 11.2. The van der Waals surface area contributed by atoms with Crippen LogP contribution in [0.3, 0.4) is 0 Å². The van der Waals surface area contributed by atoms with Crippen molar-refractivity contribution in [3.8, 4) is 5.75 Å². The third-order valence-electron chi connectivity index (χ3n) is 3.04. The molecule has 1 aromatic carbocycles. The van der Waals surface area contributed by atoms with E-state index in [1.807, 2.05) is 29.2 Å². The third-order valence-corrected chi connectivity index (χ3v) is 3.04. The Kier molecular flexibility index (Phi) is 6.05. The summed E-state index contributed by atoms with van der Waals surface area (Å²) in [5.74, 6) is 1.06.